The second-order valence-corrected chi connectivity index (χ2v) is 15.8. The normalized spacial score (nSPS) is 20.8. The van der Waals surface area contributed by atoms with Crippen molar-refractivity contribution in [3.8, 4) is 0 Å². The molecule has 0 bridgehead atoms. The van der Waals surface area contributed by atoms with E-state index >= 15 is 0 Å². The maximum Gasteiger partial charge on any atom is 0.306 e. The number of carbonyl (C=O) groups is 1. The van der Waals surface area contributed by atoms with Gasteiger partial charge < -0.3 is 39.4 Å². The van der Waals surface area contributed by atoms with Gasteiger partial charge in [0.2, 0.25) is 0 Å². The summed E-state index contributed by atoms with van der Waals surface area (Å²) in [7, 11) is 0. The lowest BCUT2D eigenvalue weighted by atomic mass is 9.99. The van der Waals surface area contributed by atoms with Crippen molar-refractivity contribution in [2.24, 2.45) is 0 Å². The number of aliphatic hydroxyl groups excluding tert-OH is 4. The Balaban J connectivity index is 2.27. The Kier molecular flexibility index (Phi) is 38.5. The fraction of sp³-hybridized carbons (Fsp3) is 0.706. The van der Waals surface area contributed by atoms with E-state index in [1.165, 1.54) is 44.9 Å². The fourth-order valence-electron chi connectivity index (χ4n) is 6.61. The van der Waals surface area contributed by atoms with E-state index in [1.54, 1.807) is 0 Å². The maximum absolute atomic E-state index is 12.8. The van der Waals surface area contributed by atoms with E-state index in [4.69, 9.17) is 18.9 Å². The Bertz CT molecular complexity index is 1190. The number of aliphatic hydroxyl groups is 4. The first-order valence-electron chi connectivity index (χ1n) is 23.7. The molecule has 1 rings (SSSR count). The summed E-state index contributed by atoms with van der Waals surface area (Å²) in [5.74, 6) is -0.337. The number of allylic oxidation sites excluding steroid dienone is 14. The summed E-state index contributed by atoms with van der Waals surface area (Å²) in [6, 6.07) is 0. The smallest absolute Gasteiger partial charge is 0.306 e. The average molecular weight is 843 g/mol. The molecule has 9 heteroatoms. The summed E-state index contributed by atoms with van der Waals surface area (Å²) in [6.45, 7) is 4.35. The molecule has 0 spiro atoms. The number of rotatable bonds is 39. The van der Waals surface area contributed by atoms with Crippen LogP contribution in [0.5, 0.6) is 0 Å². The topological polar surface area (TPSA) is 135 Å². The molecule has 0 aromatic heterocycles. The molecule has 6 unspecified atom stereocenters. The monoisotopic (exact) mass is 843 g/mol. The Hall–Kier alpha value is -2.63. The SMILES string of the molecule is CC/C=C\C/C=C\C/C=C\C/C=C\C/C=C\CCCCCCCCOCC(COC1OC(CO)C(O)C(O)C1O)OC(=O)CCCCCCC/C=C\C/C=C\CCCCC. The number of hydrogen-bond donors (Lipinski definition) is 4. The van der Waals surface area contributed by atoms with Gasteiger partial charge in [-0.25, -0.2) is 0 Å². The summed E-state index contributed by atoms with van der Waals surface area (Å²) < 4.78 is 22.8. The molecule has 0 aromatic carbocycles. The molecule has 0 saturated carbocycles. The van der Waals surface area contributed by atoms with E-state index < -0.39 is 43.4 Å². The van der Waals surface area contributed by atoms with Gasteiger partial charge in [-0.05, 0) is 89.9 Å². The van der Waals surface area contributed by atoms with Crippen LogP contribution in [-0.4, -0.2) is 89.6 Å². The number of carbonyl (C=O) groups excluding carboxylic acids is 1. The molecular formula is C51H86O9. The van der Waals surface area contributed by atoms with E-state index in [1.807, 2.05) is 0 Å². The highest BCUT2D eigenvalue weighted by Gasteiger charge is 2.44. The van der Waals surface area contributed by atoms with Crippen LogP contribution in [0.1, 0.15) is 168 Å². The molecule has 0 aromatic rings. The summed E-state index contributed by atoms with van der Waals surface area (Å²) in [6.07, 6.45) is 48.9. The molecule has 0 amide bonds. The first kappa shape index (κ1) is 55.4. The van der Waals surface area contributed by atoms with E-state index in [2.05, 4.69) is 98.9 Å². The molecule has 1 fully saturated rings. The van der Waals surface area contributed by atoms with Gasteiger partial charge in [-0.1, -0.05) is 157 Å². The highest BCUT2D eigenvalue weighted by Crippen LogP contribution is 2.22. The van der Waals surface area contributed by atoms with Gasteiger partial charge in [-0.2, -0.15) is 0 Å². The third-order valence-electron chi connectivity index (χ3n) is 10.3. The lowest BCUT2D eigenvalue weighted by Gasteiger charge is -2.39. The van der Waals surface area contributed by atoms with Gasteiger partial charge in [0, 0.05) is 13.0 Å². The van der Waals surface area contributed by atoms with E-state index in [0.29, 0.717) is 13.0 Å². The highest BCUT2D eigenvalue weighted by atomic mass is 16.7. The quantitative estimate of drug-likeness (QED) is 0.0271. The molecule has 1 saturated heterocycles. The van der Waals surface area contributed by atoms with Crippen molar-refractivity contribution < 1.29 is 44.2 Å². The van der Waals surface area contributed by atoms with Crippen molar-refractivity contribution in [2.45, 2.75) is 205 Å². The Morgan fingerprint density at radius 1 is 0.550 bits per heavy atom. The van der Waals surface area contributed by atoms with Crippen molar-refractivity contribution in [2.75, 3.05) is 26.4 Å². The molecular weight excluding hydrogens is 757 g/mol. The zero-order valence-electron chi connectivity index (χ0n) is 37.7. The molecule has 9 nitrogen and oxygen atoms in total. The van der Waals surface area contributed by atoms with Crippen LogP contribution in [0.2, 0.25) is 0 Å². The second-order valence-electron chi connectivity index (χ2n) is 15.8. The van der Waals surface area contributed by atoms with Crippen molar-refractivity contribution in [1.29, 1.82) is 0 Å². The summed E-state index contributed by atoms with van der Waals surface area (Å²) in [4.78, 5) is 12.8. The standard InChI is InChI=1S/C51H86O9/c1-3-5-7-9-11-13-15-17-19-20-21-22-23-24-25-27-29-31-33-35-37-39-41-57-43-45(44-58-51-50(56)49(55)48(54)46(42-52)60-51)59-47(53)40-38-36-34-32-30-28-26-18-16-14-12-10-8-6-4-2/h5,7,11-14,17-19,21-22,24-26,45-46,48-52,54-56H,3-4,6,8-10,15-16,20,23,27-44H2,1-2H3/b7-5-,13-11-,14-12-,19-17-,22-21-,25-24-,26-18-. The van der Waals surface area contributed by atoms with Gasteiger partial charge in [0.15, 0.2) is 6.29 Å². The molecule has 0 radical (unpaired) electrons. The van der Waals surface area contributed by atoms with Crippen LogP contribution in [0.25, 0.3) is 0 Å². The van der Waals surface area contributed by atoms with Gasteiger partial charge in [0.05, 0.1) is 19.8 Å². The third-order valence-corrected chi connectivity index (χ3v) is 10.3. The second kappa shape index (κ2) is 41.7. The van der Waals surface area contributed by atoms with Gasteiger partial charge >= 0.3 is 5.97 Å². The van der Waals surface area contributed by atoms with Crippen LogP contribution in [-0.2, 0) is 23.7 Å². The summed E-state index contributed by atoms with van der Waals surface area (Å²) in [5, 5.41) is 40.2. The van der Waals surface area contributed by atoms with Gasteiger partial charge in [0.1, 0.15) is 30.5 Å². The lowest BCUT2D eigenvalue weighted by molar-refractivity contribution is -0.305. The van der Waals surface area contributed by atoms with Crippen LogP contribution in [0.4, 0.5) is 0 Å². The molecule has 0 aliphatic carbocycles. The minimum absolute atomic E-state index is 0.124. The fourth-order valence-corrected chi connectivity index (χ4v) is 6.61. The van der Waals surface area contributed by atoms with Crippen LogP contribution < -0.4 is 0 Å². The zero-order chi connectivity index (χ0) is 43.6. The van der Waals surface area contributed by atoms with Crippen LogP contribution in [0.15, 0.2) is 85.1 Å². The average Bonchev–Trinajstić information content (AvgIpc) is 3.25. The zero-order valence-corrected chi connectivity index (χ0v) is 37.7. The number of unbranched alkanes of at least 4 members (excludes halogenated alkanes) is 14. The predicted molar refractivity (Wildman–Crippen MR) is 247 cm³/mol. The van der Waals surface area contributed by atoms with Crippen molar-refractivity contribution in [3.05, 3.63) is 85.1 Å². The molecule has 4 N–H and O–H groups in total. The maximum atomic E-state index is 12.8. The molecule has 1 aliphatic heterocycles. The molecule has 60 heavy (non-hydrogen) atoms. The van der Waals surface area contributed by atoms with Crippen molar-refractivity contribution >= 4 is 5.97 Å². The van der Waals surface area contributed by atoms with Crippen LogP contribution >= 0.6 is 0 Å². The van der Waals surface area contributed by atoms with E-state index in [-0.39, 0.29) is 19.2 Å². The minimum atomic E-state index is -1.55. The predicted octanol–water partition coefficient (Wildman–Crippen LogP) is 11.0. The first-order chi connectivity index (χ1) is 29.4. The molecule has 1 aliphatic rings. The first-order valence-corrected chi connectivity index (χ1v) is 23.7. The van der Waals surface area contributed by atoms with Gasteiger partial charge in [-0.3, -0.25) is 4.79 Å². The van der Waals surface area contributed by atoms with Gasteiger partial charge in [-0.15, -0.1) is 0 Å². The Labute approximate surface area is 365 Å². The number of esters is 1. The van der Waals surface area contributed by atoms with E-state index in [9.17, 15) is 25.2 Å². The van der Waals surface area contributed by atoms with Crippen LogP contribution in [0.3, 0.4) is 0 Å². The summed E-state index contributed by atoms with van der Waals surface area (Å²) in [5.41, 5.74) is 0. The number of ether oxygens (including phenoxy) is 4. The van der Waals surface area contributed by atoms with Crippen LogP contribution in [0, 0.1) is 0 Å². The van der Waals surface area contributed by atoms with E-state index in [0.717, 1.165) is 103 Å². The lowest BCUT2D eigenvalue weighted by Crippen LogP contribution is -2.59. The van der Waals surface area contributed by atoms with Crippen molar-refractivity contribution in [3.63, 3.8) is 0 Å². The van der Waals surface area contributed by atoms with Crippen molar-refractivity contribution in [1.82, 2.24) is 0 Å². The largest absolute Gasteiger partial charge is 0.457 e. The minimum Gasteiger partial charge on any atom is -0.457 e. The molecule has 6 atom stereocenters. The molecule has 1 heterocycles. The Morgan fingerprint density at radius 3 is 1.53 bits per heavy atom. The molecule has 344 valence electrons. The third kappa shape index (κ3) is 32.1. The number of hydrogen-bond acceptors (Lipinski definition) is 9. The highest BCUT2D eigenvalue weighted by molar-refractivity contribution is 5.69. The van der Waals surface area contributed by atoms with Gasteiger partial charge in [0.25, 0.3) is 0 Å². The Morgan fingerprint density at radius 2 is 1.02 bits per heavy atom. The summed E-state index contributed by atoms with van der Waals surface area (Å²) >= 11 is 0.